The zero-order chi connectivity index (χ0) is 17.5. The number of anilines is 1. The van der Waals surface area contributed by atoms with Gasteiger partial charge in [0.25, 0.3) is 5.91 Å². The molecule has 0 aliphatic carbocycles. The maximum absolute atomic E-state index is 11.8. The van der Waals surface area contributed by atoms with Crippen molar-refractivity contribution in [1.29, 1.82) is 0 Å². The van der Waals surface area contributed by atoms with Gasteiger partial charge < -0.3 is 15.2 Å². The Morgan fingerprint density at radius 2 is 2.00 bits per heavy atom. The second kappa shape index (κ2) is 8.70. The Kier molecular flexibility index (Phi) is 6.62. The number of methoxy groups -OCH3 is 1. The molecule has 0 heterocycles. The summed E-state index contributed by atoms with van der Waals surface area (Å²) in [6.07, 6.45) is 1.35. The van der Waals surface area contributed by atoms with E-state index in [4.69, 9.17) is 4.74 Å². The Hall–Kier alpha value is -2.06. The highest BCUT2D eigenvalue weighted by Crippen LogP contribution is 2.31. The van der Waals surface area contributed by atoms with Crippen molar-refractivity contribution in [3.8, 4) is 11.5 Å². The molecule has 126 valence electrons. The first kappa shape index (κ1) is 18.3. The highest BCUT2D eigenvalue weighted by atomic mass is 79.9. The summed E-state index contributed by atoms with van der Waals surface area (Å²) >= 11 is 6.57. The summed E-state index contributed by atoms with van der Waals surface area (Å²) in [4.78, 5) is 11.8. The SMILES string of the molecule is COc1cc(Br)c(O)c(/C=N\NC(=O)CNc2ccc(Br)cc2)c1. The average Bonchev–Trinajstić information content (AvgIpc) is 2.58. The zero-order valence-corrected chi connectivity index (χ0v) is 15.9. The lowest BCUT2D eigenvalue weighted by atomic mass is 10.2. The van der Waals surface area contributed by atoms with Crippen molar-refractivity contribution in [3.63, 3.8) is 0 Å². The molecule has 24 heavy (non-hydrogen) atoms. The van der Waals surface area contributed by atoms with E-state index in [1.807, 2.05) is 24.3 Å². The van der Waals surface area contributed by atoms with Crippen LogP contribution in [0.3, 0.4) is 0 Å². The Balaban J connectivity index is 1.90. The van der Waals surface area contributed by atoms with Gasteiger partial charge in [-0.15, -0.1) is 0 Å². The first-order valence-electron chi connectivity index (χ1n) is 6.87. The van der Waals surface area contributed by atoms with Crippen molar-refractivity contribution in [2.45, 2.75) is 0 Å². The standard InChI is InChI=1S/C16H15Br2N3O3/c1-24-13-6-10(16(23)14(18)7-13)8-20-21-15(22)9-19-12-4-2-11(17)3-5-12/h2-8,19,23H,9H2,1H3,(H,21,22)/b20-8-. The molecule has 0 spiro atoms. The molecule has 0 aliphatic rings. The van der Waals surface area contributed by atoms with Crippen molar-refractivity contribution in [1.82, 2.24) is 5.43 Å². The van der Waals surface area contributed by atoms with Crippen molar-refractivity contribution < 1.29 is 14.6 Å². The van der Waals surface area contributed by atoms with Gasteiger partial charge in [0.2, 0.25) is 0 Å². The van der Waals surface area contributed by atoms with Gasteiger partial charge in [-0.05, 0) is 52.3 Å². The number of hydrogen-bond donors (Lipinski definition) is 3. The third-order valence-electron chi connectivity index (χ3n) is 2.99. The van der Waals surface area contributed by atoms with E-state index in [1.165, 1.54) is 13.3 Å². The molecular weight excluding hydrogens is 442 g/mol. The number of rotatable bonds is 6. The van der Waals surface area contributed by atoms with Crippen LogP contribution in [0, 0.1) is 0 Å². The second-order valence-corrected chi connectivity index (χ2v) is 6.47. The van der Waals surface area contributed by atoms with Crippen LogP contribution in [0.25, 0.3) is 0 Å². The van der Waals surface area contributed by atoms with E-state index < -0.39 is 0 Å². The molecular formula is C16H15Br2N3O3. The maximum Gasteiger partial charge on any atom is 0.259 e. The van der Waals surface area contributed by atoms with Gasteiger partial charge in [0, 0.05) is 15.7 Å². The van der Waals surface area contributed by atoms with E-state index in [2.05, 4.69) is 47.7 Å². The predicted octanol–water partition coefficient (Wildman–Crippen LogP) is 3.49. The molecule has 0 aliphatic heterocycles. The largest absolute Gasteiger partial charge is 0.506 e. The third-order valence-corrected chi connectivity index (χ3v) is 4.13. The van der Waals surface area contributed by atoms with Crippen molar-refractivity contribution >= 4 is 49.7 Å². The van der Waals surface area contributed by atoms with Gasteiger partial charge in [0.1, 0.15) is 11.5 Å². The number of carbonyl (C=O) groups excluding carboxylic acids is 1. The number of amides is 1. The number of halogens is 2. The molecule has 3 N–H and O–H groups in total. The fourth-order valence-corrected chi connectivity index (χ4v) is 2.49. The van der Waals surface area contributed by atoms with E-state index in [-0.39, 0.29) is 18.2 Å². The Morgan fingerprint density at radius 3 is 2.67 bits per heavy atom. The number of phenols is 1. The number of nitrogens with zero attached hydrogens (tertiary/aromatic N) is 1. The number of carbonyl (C=O) groups is 1. The number of hydrazone groups is 1. The lowest BCUT2D eigenvalue weighted by molar-refractivity contribution is -0.119. The van der Waals surface area contributed by atoms with Crippen LogP contribution >= 0.6 is 31.9 Å². The smallest absolute Gasteiger partial charge is 0.259 e. The molecule has 2 aromatic carbocycles. The fraction of sp³-hybridized carbons (Fsp3) is 0.125. The highest BCUT2D eigenvalue weighted by Gasteiger charge is 2.07. The number of aromatic hydroxyl groups is 1. The van der Waals surface area contributed by atoms with Crippen LogP contribution in [0.5, 0.6) is 11.5 Å². The summed E-state index contributed by atoms with van der Waals surface area (Å²) < 4.78 is 6.55. The molecule has 0 bridgehead atoms. The molecule has 1 amide bonds. The van der Waals surface area contributed by atoms with Crippen LogP contribution in [0.15, 0.2) is 50.4 Å². The summed E-state index contributed by atoms with van der Waals surface area (Å²) in [5.74, 6) is 0.266. The first-order chi connectivity index (χ1) is 11.5. The number of ether oxygens (including phenoxy) is 1. The minimum absolute atomic E-state index is 0.0155. The monoisotopic (exact) mass is 455 g/mol. The molecule has 2 rings (SSSR count). The molecule has 0 fully saturated rings. The number of nitrogens with one attached hydrogen (secondary N) is 2. The van der Waals surface area contributed by atoms with Crippen molar-refractivity contribution in [2.75, 3.05) is 19.0 Å². The molecule has 0 unspecified atom stereocenters. The fourth-order valence-electron chi connectivity index (χ4n) is 1.77. The van der Waals surface area contributed by atoms with E-state index >= 15 is 0 Å². The van der Waals surface area contributed by atoms with Gasteiger partial charge in [0.05, 0.1) is 24.3 Å². The molecule has 0 atom stereocenters. The average molecular weight is 457 g/mol. The molecule has 6 nitrogen and oxygen atoms in total. The third kappa shape index (κ3) is 5.24. The Labute approximate surface area is 156 Å². The molecule has 2 aromatic rings. The summed E-state index contributed by atoms with van der Waals surface area (Å²) in [6.45, 7) is 0.0762. The van der Waals surface area contributed by atoms with Crippen LogP contribution in [0.2, 0.25) is 0 Å². The quantitative estimate of drug-likeness (QED) is 0.459. The summed E-state index contributed by atoms with van der Waals surface area (Å²) in [6, 6.07) is 10.7. The highest BCUT2D eigenvalue weighted by molar-refractivity contribution is 9.10. The van der Waals surface area contributed by atoms with Gasteiger partial charge in [-0.3, -0.25) is 4.79 Å². The van der Waals surface area contributed by atoms with Crippen molar-refractivity contribution in [3.05, 3.63) is 50.9 Å². The van der Waals surface area contributed by atoms with Crippen LogP contribution in [-0.2, 0) is 4.79 Å². The van der Waals surface area contributed by atoms with E-state index in [1.54, 1.807) is 12.1 Å². The van der Waals surface area contributed by atoms with E-state index in [0.29, 0.717) is 15.8 Å². The summed E-state index contributed by atoms with van der Waals surface area (Å²) in [5.41, 5.74) is 3.63. The molecule has 0 radical (unpaired) electrons. The van der Waals surface area contributed by atoms with Crippen LogP contribution in [0.1, 0.15) is 5.56 Å². The van der Waals surface area contributed by atoms with Gasteiger partial charge in [-0.25, -0.2) is 5.43 Å². The van der Waals surface area contributed by atoms with Crippen LogP contribution < -0.4 is 15.5 Å². The molecule has 0 saturated heterocycles. The second-order valence-electron chi connectivity index (χ2n) is 4.70. The van der Waals surface area contributed by atoms with Crippen molar-refractivity contribution in [2.24, 2.45) is 5.10 Å². The maximum atomic E-state index is 11.8. The number of phenolic OH excluding ortho intramolecular Hbond substituents is 1. The van der Waals surface area contributed by atoms with Crippen LogP contribution in [0.4, 0.5) is 5.69 Å². The van der Waals surface area contributed by atoms with Crippen LogP contribution in [-0.4, -0.2) is 30.9 Å². The van der Waals surface area contributed by atoms with Gasteiger partial charge in [0.15, 0.2) is 0 Å². The Bertz CT molecular complexity index is 749. The molecule has 0 aromatic heterocycles. The molecule has 0 saturated carbocycles. The summed E-state index contributed by atoms with van der Waals surface area (Å²) in [7, 11) is 1.52. The number of hydrogen-bond acceptors (Lipinski definition) is 5. The van der Waals surface area contributed by atoms with E-state index in [9.17, 15) is 9.90 Å². The zero-order valence-electron chi connectivity index (χ0n) is 12.7. The van der Waals surface area contributed by atoms with Gasteiger partial charge >= 0.3 is 0 Å². The van der Waals surface area contributed by atoms with E-state index in [0.717, 1.165) is 10.2 Å². The Morgan fingerprint density at radius 1 is 1.29 bits per heavy atom. The topological polar surface area (TPSA) is 83.0 Å². The van der Waals surface area contributed by atoms with Gasteiger partial charge in [-0.2, -0.15) is 5.10 Å². The minimum atomic E-state index is -0.310. The number of benzene rings is 2. The lowest BCUT2D eigenvalue weighted by Gasteiger charge is -2.06. The summed E-state index contributed by atoms with van der Waals surface area (Å²) in [5, 5.41) is 16.7. The van der Waals surface area contributed by atoms with Gasteiger partial charge in [-0.1, -0.05) is 15.9 Å². The lowest BCUT2D eigenvalue weighted by Crippen LogP contribution is -2.25. The minimum Gasteiger partial charge on any atom is -0.506 e. The first-order valence-corrected chi connectivity index (χ1v) is 8.46. The normalized spacial score (nSPS) is 10.6. The predicted molar refractivity (Wildman–Crippen MR) is 101 cm³/mol. The molecule has 8 heteroatoms.